The van der Waals surface area contributed by atoms with E-state index >= 15 is 0 Å². The number of rotatable bonds is 4. The molecule has 2 aliphatic heterocycles. The number of nitrogens with one attached hydrogen (secondary N) is 3. The van der Waals surface area contributed by atoms with Crippen molar-refractivity contribution in [3.8, 4) is 0 Å². The van der Waals surface area contributed by atoms with Crippen molar-refractivity contribution in [2.45, 2.75) is 44.8 Å². The standard InChI is InChI=1S/C24H22BrN5O4S/c1-24(2,22-28-19-15(25)4-3-5-17(19)35-22)29-23(34)26-13-6-7-14-12(10-13)11-30(21(14)33)16-8-9-18(31)27-20(16)32/h3-7,10,16H,8-9,11H2,1-2H3,(H2,26,29,34)(H,27,31,32). The van der Waals surface area contributed by atoms with E-state index in [4.69, 9.17) is 4.98 Å². The van der Waals surface area contributed by atoms with Gasteiger partial charge in [0.25, 0.3) is 5.91 Å². The molecule has 35 heavy (non-hydrogen) atoms. The van der Waals surface area contributed by atoms with Gasteiger partial charge in [-0.2, -0.15) is 0 Å². The highest BCUT2D eigenvalue weighted by molar-refractivity contribution is 9.10. The molecule has 0 radical (unpaired) electrons. The molecule has 1 fully saturated rings. The van der Waals surface area contributed by atoms with Crippen molar-refractivity contribution in [2.75, 3.05) is 5.32 Å². The zero-order valence-electron chi connectivity index (χ0n) is 19.0. The maximum absolute atomic E-state index is 12.9. The molecule has 5 amide bonds. The van der Waals surface area contributed by atoms with Gasteiger partial charge in [-0.1, -0.05) is 6.07 Å². The summed E-state index contributed by atoms with van der Waals surface area (Å²) in [6, 6.07) is 9.82. The van der Waals surface area contributed by atoms with Crippen molar-refractivity contribution >= 4 is 66.9 Å². The number of hydrogen-bond acceptors (Lipinski definition) is 6. The molecule has 1 saturated heterocycles. The molecule has 3 heterocycles. The zero-order valence-corrected chi connectivity index (χ0v) is 21.4. The lowest BCUT2D eigenvalue weighted by Gasteiger charge is -2.29. The van der Waals surface area contributed by atoms with E-state index in [1.165, 1.54) is 16.2 Å². The monoisotopic (exact) mass is 555 g/mol. The number of amides is 5. The number of thiazole rings is 1. The van der Waals surface area contributed by atoms with E-state index in [0.29, 0.717) is 23.2 Å². The van der Waals surface area contributed by atoms with Crippen LogP contribution < -0.4 is 16.0 Å². The summed E-state index contributed by atoms with van der Waals surface area (Å²) >= 11 is 5.03. The van der Waals surface area contributed by atoms with Crippen LogP contribution in [0.3, 0.4) is 0 Å². The average molecular weight is 556 g/mol. The Hall–Kier alpha value is -3.31. The van der Waals surface area contributed by atoms with Crippen molar-refractivity contribution in [2.24, 2.45) is 0 Å². The van der Waals surface area contributed by atoms with Crippen LogP contribution in [0.1, 0.15) is 47.6 Å². The molecule has 5 rings (SSSR count). The van der Waals surface area contributed by atoms with Crippen molar-refractivity contribution in [3.05, 3.63) is 57.0 Å². The second kappa shape index (κ2) is 8.72. The predicted molar refractivity (Wildman–Crippen MR) is 135 cm³/mol. The van der Waals surface area contributed by atoms with Crippen LogP contribution >= 0.6 is 27.3 Å². The highest BCUT2D eigenvalue weighted by Gasteiger charge is 2.39. The van der Waals surface area contributed by atoms with E-state index < -0.39 is 23.5 Å². The Morgan fingerprint density at radius 3 is 2.77 bits per heavy atom. The molecule has 9 nitrogen and oxygen atoms in total. The van der Waals surface area contributed by atoms with E-state index in [1.54, 1.807) is 18.2 Å². The van der Waals surface area contributed by atoms with Crippen LogP contribution in [-0.2, 0) is 21.7 Å². The first-order valence-corrected chi connectivity index (χ1v) is 12.7. The fourth-order valence-corrected chi connectivity index (χ4v) is 5.97. The third-order valence-corrected chi connectivity index (χ3v) is 8.10. The molecule has 1 atom stereocenters. The largest absolute Gasteiger partial charge is 0.326 e. The van der Waals surface area contributed by atoms with Gasteiger partial charge in [-0.15, -0.1) is 11.3 Å². The summed E-state index contributed by atoms with van der Waals surface area (Å²) in [7, 11) is 0. The molecule has 1 aromatic heterocycles. The molecule has 2 aromatic carbocycles. The van der Waals surface area contributed by atoms with Crippen molar-refractivity contribution in [1.82, 2.24) is 20.5 Å². The van der Waals surface area contributed by atoms with Gasteiger partial charge in [0.15, 0.2) is 0 Å². The maximum atomic E-state index is 12.9. The highest BCUT2D eigenvalue weighted by atomic mass is 79.9. The van der Waals surface area contributed by atoms with Crippen LogP contribution in [0.2, 0.25) is 0 Å². The normalized spacial score (nSPS) is 18.0. The van der Waals surface area contributed by atoms with Gasteiger partial charge in [-0.25, -0.2) is 9.78 Å². The minimum absolute atomic E-state index is 0.199. The van der Waals surface area contributed by atoms with Gasteiger partial charge in [0.1, 0.15) is 11.0 Å². The summed E-state index contributed by atoms with van der Waals surface area (Å²) in [5.41, 5.74) is 1.87. The summed E-state index contributed by atoms with van der Waals surface area (Å²) in [5, 5.41) is 8.86. The predicted octanol–water partition coefficient (Wildman–Crippen LogP) is 3.88. The molecule has 1 unspecified atom stereocenters. The summed E-state index contributed by atoms with van der Waals surface area (Å²) in [6.45, 7) is 4.01. The number of para-hydroxylation sites is 1. The van der Waals surface area contributed by atoms with Crippen molar-refractivity contribution < 1.29 is 19.2 Å². The number of urea groups is 1. The SMILES string of the molecule is CC(C)(NC(=O)Nc1ccc2c(c1)CN(C1CCC(=O)NC1=O)C2=O)c1nc2c(Br)cccc2s1. The number of hydrogen-bond donors (Lipinski definition) is 3. The number of halogens is 1. The molecule has 0 spiro atoms. The third-order valence-electron chi connectivity index (χ3n) is 6.11. The first kappa shape index (κ1) is 23.4. The van der Waals surface area contributed by atoms with Crippen LogP contribution in [0.15, 0.2) is 40.9 Å². The number of imide groups is 1. The number of aromatic nitrogens is 1. The Morgan fingerprint density at radius 2 is 2.03 bits per heavy atom. The van der Waals surface area contributed by atoms with E-state index in [0.717, 1.165) is 19.7 Å². The maximum Gasteiger partial charge on any atom is 0.319 e. The van der Waals surface area contributed by atoms with Crippen molar-refractivity contribution in [3.63, 3.8) is 0 Å². The zero-order chi connectivity index (χ0) is 24.9. The summed E-state index contributed by atoms with van der Waals surface area (Å²) in [4.78, 5) is 55.5. The van der Waals surface area contributed by atoms with Gasteiger partial charge in [-0.3, -0.25) is 19.7 Å². The first-order chi connectivity index (χ1) is 16.6. The van der Waals surface area contributed by atoms with E-state index in [1.807, 2.05) is 32.0 Å². The Balaban J connectivity index is 1.28. The number of benzene rings is 2. The Morgan fingerprint density at radius 1 is 1.23 bits per heavy atom. The molecule has 3 aromatic rings. The molecule has 180 valence electrons. The van der Waals surface area contributed by atoms with Crippen molar-refractivity contribution in [1.29, 1.82) is 0 Å². The van der Waals surface area contributed by atoms with Gasteiger partial charge in [0.2, 0.25) is 11.8 Å². The Bertz CT molecular complexity index is 1400. The number of nitrogens with zero attached hydrogens (tertiary/aromatic N) is 2. The fraction of sp³-hybridized carbons (Fsp3) is 0.292. The Labute approximate surface area is 213 Å². The van der Waals surface area contributed by atoms with Crippen LogP contribution in [-0.4, -0.2) is 39.7 Å². The molecular weight excluding hydrogens is 534 g/mol. The second-order valence-electron chi connectivity index (χ2n) is 9.08. The molecule has 0 saturated carbocycles. The molecule has 0 aliphatic carbocycles. The summed E-state index contributed by atoms with van der Waals surface area (Å²) in [5.74, 6) is -1.04. The Kier molecular flexibility index (Phi) is 5.84. The van der Waals surface area contributed by atoms with E-state index in [9.17, 15) is 19.2 Å². The molecular formula is C24H22BrN5O4S. The first-order valence-electron chi connectivity index (χ1n) is 11.0. The van der Waals surface area contributed by atoms with Gasteiger partial charge in [0, 0.05) is 28.7 Å². The lowest BCUT2D eigenvalue weighted by Crippen LogP contribution is -2.52. The highest BCUT2D eigenvalue weighted by Crippen LogP contribution is 2.34. The smallest absolute Gasteiger partial charge is 0.319 e. The van der Waals surface area contributed by atoms with Gasteiger partial charge >= 0.3 is 6.03 Å². The lowest BCUT2D eigenvalue weighted by molar-refractivity contribution is -0.136. The topological polar surface area (TPSA) is 120 Å². The third kappa shape index (κ3) is 4.41. The quantitative estimate of drug-likeness (QED) is 0.422. The van der Waals surface area contributed by atoms with Crippen LogP contribution in [0.4, 0.5) is 10.5 Å². The molecule has 2 aliphatic rings. The summed E-state index contributed by atoms with van der Waals surface area (Å²) < 4.78 is 1.92. The second-order valence-corrected chi connectivity index (χ2v) is 11.0. The van der Waals surface area contributed by atoms with Gasteiger partial charge < -0.3 is 15.5 Å². The molecule has 0 bridgehead atoms. The van der Waals surface area contributed by atoms with Crippen LogP contribution in [0.25, 0.3) is 10.2 Å². The van der Waals surface area contributed by atoms with Gasteiger partial charge in [-0.05, 0) is 72.1 Å². The summed E-state index contributed by atoms with van der Waals surface area (Å²) in [6.07, 6.45) is 0.500. The van der Waals surface area contributed by atoms with E-state index in [2.05, 4.69) is 31.9 Å². The number of carbonyl (C=O) groups excluding carboxylic acids is 4. The van der Waals surface area contributed by atoms with Crippen LogP contribution in [0, 0.1) is 0 Å². The molecule has 11 heteroatoms. The van der Waals surface area contributed by atoms with Gasteiger partial charge in [0.05, 0.1) is 15.8 Å². The number of piperidine rings is 1. The fourth-order valence-electron chi connectivity index (χ4n) is 4.33. The average Bonchev–Trinajstić information content (AvgIpc) is 3.36. The number of carbonyl (C=O) groups is 4. The molecule has 3 N–H and O–H groups in total. The minimum atomic E-state index is -0.720. The number of anilines is 1. The van der Waals surface area contributed by atoms with Crippen LogP contribution in [0.5, 0.6) is 0 Å². The van der Waals surface area contributed by atoms with E-state index in [-0.39, 0.29) is 24.8 Å². The minimum Gasteiger partial charge on any atom is -0.326 e. The number of fused-ring (bicyclic) bond motifs is 2. The lowest BCUT2D eigenvalue weighted by atomic mass is 10.0.